The molecule has 0 radical (unpaired) electrons. The van der Waals surface area contributed by atoms with E-state index in [4.69, 9.17) is 0 Å². The van der Waals surface area contributed by atoms with Crippen molar-refractivity contribution in [2.75, 3.05) is 0 Å². The highest BCUT2D eigenvalue weighted by atomic mass is 16.2. The SMILES string of the molecule is CCCCc1cn(C2C(=O)C2CC)c(=O)n1Cc1cnccc1-c1ccccc1-c1nnn[nH]1. The molecule has 1 saturated carbocycles. The second kappa shape index (κ2) is 9.17. The Morgan fingerprint density at radius 1 is 1.06 bits per heavy atom. The molecule has 0 bridgehead atoms. The maximum atomic E-state index is 13.5. The van der Waals surface area contributed by atoms with E-state index in [0.717, 1.165) is 53.6 Å². The Morgan fingerprint density at radius 2 is 1.88 bits per heavy atom. The van der Waals surface area contributed by atoms with Gasteiger partial charge < -0.3 is 0 Å². The van der Waals surface area contributed by atoms with Crippen LogP contribution in [0.3, 0.4) is 0 Å². The van der Waals surface area contributed by atoms with Gasteiger partial charge in [0.1, 0.15) is 6.04 Å². The van der Waals surface area contributed by atoms with Crippen molar-refractivity contribution < 1.29 is 4.79 Å². The fourth-order valence-corrected chi connectivity index (χ4v) is 4.69. The second-order valence-corrected chi connectivity index (χ2v) is 8.69. The van der Waals surface area contributed by atoms with Gasteiger partial charge in [0.05, 0.1) is 6.54 Å². The molecule has 4 aromatic rings. The zero-order chi connectivity index (χ0) is 23.7. The van der Waals surface area contributed by atoms with Crippen LogP contribution in [0.25, 0.3) is 22.5 Å². The maximum absolute atomic E-state index is 13.5. The van der Waals surface area contributed by atoms with E-state index in [2.05, 4.69) is 32.5 Å². The van der Waals surface area contributed by atoms with E-state index in [-0.39, 0.29) is 23.4 Å². The summed E-state index contributed by atoms with van der Waals surface area (Å²) in [6, 6.07) is 9.49. The van der Waals surface area contributed by atoms with Gasteiger partial charge in [-0.3, -0.25) is 18.9 Å². The van der Waals surface area contributed by atoms with Crippen molar-refractivity contribution >= 4 is 5.78 Å². The number of carbonyl (C=O) groups excluding carboxylic acids is 1. The lowest BCUT2D eigenvalue weighted by Crippen LogP contribution is -2.26. The van der Waals surface area contributed by atoms with Gasteiger partial charge in [0, 0.05) is 35.8 Å². The number of aromatic nitrogens is 7. The van der Waals surface area contributed by atoms with Crippen molar-refractivity contribution in [2.24, 2.45) is 5.92 Å². The fourth-order valence-electron chi connectivity index (χ4n) is 4.69. The standard InChI is InChI=1S/C25H27N7O2/c1-3-5-8-17-15-32(22-18(4-2)23(22)33)25(34)31(17)14-16-13-26-12-11-19(16)20-9-6-7-10-21(20)24-27-29-30-28-24/h6-7,9-13,15,18,22H,3-5,8,14H2,1-2H3,(H,27,28,29,30). The van der Waals surface area contributed by atoms with Gasteiger partial charge >= 0.3 is 5.69 Å². The first-order chi connectivity index (χ1) is 16.6. The third kappa shape index (κ3) is 3.87. The molecule has 3 aromatic heterocycles. The Morgan fingerprint density at radius 3 is 2.59 bits per heavy atom. The Balaban J connectivity index is 1.57. The quantitative estimate of drug-likeness (QED) is 0.412. The summed E-state index contributed by atoms with van der Waals surface area (Å²) in [5.41, 5.74) is 4.49. The summed E-state index contributed by atoms with van der Waals surface area (Å²) in [5.74, 6) is 0.674. The second-order valence-electron chi connectivity index (χ2n) is 8.69. The number of ketones is 1. The van der Waals surface area contributed by atoms with Gasteiger partial charge in [0.15, 0.2) is 11.6 Å². The zero-order valence-corrected chi connectivity index (χ0v) is 19.3. The van der Waals surface area contributed by atoms with Crippen LogP contribution in [0.2, 0.25) is 0 Å². The summed E-state index contributed by atoms with van der Waals surface area (Å²) < 4.78 is 3.44. The fraction of sp³-hybridized carbons (Fsp3) is 0.360. The maximum Gasteiger partial charge on any atom is 0.329 e. The van der Waals surface area contributed by atoms with Crippen LogP contribution in [-0.2, 0) is 17.8 Å². The molecular weight excluding hydrogens is 430 g/mol. The minimum Gasteiger partial charge on any atom is -0.297 e. The summed E-state index contributed by atoms with van der Waals surface area (Å²) in [7, 11) is 0. The number of tetrazole rings is 1. The van der Waals surface area contributed by atoms with Crippen molar-refractivity contribution in [1.82, 2.24) is 34.7 Å². The highest BCUT2D eigenvalue weighted by Gasteiger charge is 2.50. The first-order valence-corrected chi connectivity index (χ1v) is 11.7. The van der Waals surface area contributed by atoms with Crippen LogP contribution in [0, 0.1) is 5.92 Å². The van der Waals surface area contributed by atoms with E-state index in [1.807, 2.05) is 43.5 Å². The Labute approximate surface area is 196 Å². The Kier molecular flexibility index (Phi) is 5.91. The molecule has 2 unspecified atom stereocenters. The number of aryl methyl sites for hydroxylation is 1. The van der Waals surface area contributed by atoms with Crippen LogP contribution in [0.15, 0.2) is 53.7 Å². The zero-order valence-electron chi connectivity index (χ0n) is 19.3. The number of benzene rings is 1. The molecule has 3 heterocycles. The van der Waals surface area contributed by atoms with Gasteiger partial charge in [-0.1, -0.05) is 44.5 Å². The Hall–Kier alpha value is -3.88. The molecule has 34 heavy (non-hydrogen) atoms. The van der Waals surface area contributed by atoms with E-state index in [1.165, 1.54) is 0 Å². The number of carbonyl (C=O) groups is 1. The van der Waals surface area contributed by atoms with Gasteiger partial charge in [-0.05, 0) is 52.4 Å². The number of unbranched alkanes of at least 4 members (excludes halogenated alkanes) is 1. The molecule has 2 atom stereocenters. The predicted octanol–water partition coefficient (Wildman–Crippen LogP) is 3.43. The van der Waals surface area contributed by atoms with E-state index in [9.17, 15) is 9.59 Å². The summed E-state index contributed by atoms with van der Waals surface area (Å²) in [6.07, 6.45) is 8.97. The third-order valence-electron chi connectivity index (χ3n) is 6.59. The van der Waals surface area contributed by atoms with Crippen molar-refractivity contribution in [2.45, 2.75) is 52.1 Å². The molecule has 0 amide bonds. The molecular formula is C25H27N7O2. The molecule has 1 aliphatic rings. The molecule has 9 heteroatoms. The molecule has 0 saturated heterocycles. The van der Waals surface area contributed by atoms with Crippen molar-refractivity contribution in [3.05, 3.63) is 70.7 Å². The molecule has 1 aromatic carbocycles. The number of hydrogen-bond acceptors (Lipinski definition) is 6. The number of H-pyrrole nitrogens is 1. The largest absolute Gasteiger partial charge is 0.329 e. The number of nitrogens with zero attached hydrogens (tertiary/aromatic N) is 6. The molecule has 1 fully saturated rings. The molecule has 1 aliphatic carbocycles. The molecule has 5 rings (SSSR count). The minimum absolute atomic E-state index is 0.0519. The number of aromatic amines is 1. The lowest BCUT2D eigenvalue weighted by molar-refractivity contribution is -0.111. The first-order valence-electron chi connectivity index (χ1n) is 11.7. The molecule has 174 valence electrons. The van der Waals surface area contributed by atoms with E-state index in [0.29, 0.717) is 12.4 Å². The van der Waals surface area contributed by atoms with Crippen LogP contribution < -0.4 is 5.69 Å². The lowest BCUT2D eigenvalue weighted by Gasteiger charge is -2.14. The number of rotatable bonds is 9. The molecule has 0 aliphatic heterocycles. The van der Waals surface area contributed by atoms with E-state index >= 15 is 0 Å². The average Bonchev–Trinajstić information content (AvgIpc) is 3.18. The van der Waals surface area contributed by atoms with Gasteiger partial charge in [-0.2, -0.15) is 0 Å². The monoisotopic (exact) mass is 457 g/mol. The summed E-state index contributed by atoms with van der Waals surface area (Å²) in [4.78, 5) is 30.1. The van der Waals surface area contributed by atoms with Crippen LogP contribution in [-0.4, -0.2) is 40.5 Å². The number of nitrogens with one attached hydrogen (secondary N) is 1. The lowest BCUT2D eigenvalue weighted by atomic mass is 9.96. The van der Waals surface area contributed by atoms with Gasteiger partial charge in [-0.25, -0.2) is 9.89 Å². The highest BCUT2D eigenvalue weighted by molar-refractivity contribution is 6.01. The first kappa shape index (κ1) is 21.9. The van der Waals surface area contributed by atoms with Gasteiger partial charge in [-0.15, -0.1) is 5.10 Å². The molecule has 9 nitrogen and oxygen atoms in total. The van der Waals surface area contributed by atoms with Crippen LogP contribution in [0.5, 0.6) is 0 Å². The number of imidazole rings is 1. The van der Waals surface area contributed by atoms with Gasteiger partial charge in [0.2, 0.25) is 0 Å². The Bertz CT molecular complexity index is 1370. The van der Waals surface area contributed by atoms with Crippen molar-refractivity contribution in [3.63, 3.8) is 0 Å². The third-order valence-corrected chi connectivity index (χ3v) is 6.59. The summed E-state index contributed by atoms with van der Waals surface area (Å²) in [5, 5.41) is 14.3. The predicted molar refractivity (Wildman–Crippen MR) is 127 cm³/mol. The number of hydrogen-bond donors (Lipinski definition) is 1. The molecule has 0 spiro atoms. The van der Waals surface area contributed by atoms with Crippen molar-refractivity contribution in [3.8, 4) is 22.5 Å². The van der Waals surface area contributed by atoms with E-state index < -0.39 is 0 Å². The average molecular weight is 458 g/mol. The topological polar surface area (TPSA) is 111 Å². The van der Waals surface area contributed by atoms with Crippen molar-refractivity contribution in [1.29, 1.82) is 0 Å². The number of Topliss-reactive ketones (excluding diaryl/α,β-unsaturated/α-hetero) is 1. The van der Waals surface area contributed by atoms with E-state index in [1.54, 1.807) is 21.5 Å². The normalized spacial score (nSPS) is 17.3. The summed E-state index contributed by atoms with van der Waals surface area (Å²) >= 11 is 0. The summed E-state index contributed by atoms with van der Waals surface area (Å²) in [6.45, 7) is 4.49. The van der Waals surface area contributed by atoms with Crippen LogP contribution in [0.4, 0.5) is 0 Å². The minimum atomic E-state index is -0.327. The van der Waals surface area contributed by atoms with Crippen LogP contribution in [0.1, 0.15) is 50.4 Å². The van der Waals surface area contributed by atoms with Gasteiger partial charge in [0.25, 0.3) is 0 Å². The number of pyridine rings is 1. The smallest absolute Gasteiger partial charge is 0.297 e. The molecule has 1 N–H and O–H groups in total. The highest BCUT2D eigenvalue weighted by Crippen LogP contribution is 2.40. The van der Waals surface area contributed by atoms with Crippen LogP contribution >= 0.6 is 0 Å².